The van der Waals surface area contributed by atoms with Crippen LogP contribution in [0.1, 0.15) is 31.4 Å². The first kappa shape index (κ1) is 18.3. The van der Waals surface area contributed by atoms with Crippen molar-refractivity contribution in [2.45, 2.75) is 25.8 Å². The summed E-state index contributed by atoms with van der Waals surface area (Å²) in [6.45, 7) is 2.84. The third kappa shape index (κ3) is 4.57. The van der Waals surface area contributed by atoms with Gasteiger partial charge in [0.25, 0.3) is 0 Å². The van der Waals surface area contributed by atoms with E-state index in [9.17, 15) is 14.0 Å². The molecule has 2 heterocycles. The Morgan fingerprint density at radius 2 is 2.12 bits per heavy atom. The summed E-state index contributed by atoms with van der Waals surface area (Å²) in [7, 11) is 0. The lowest BCUT2D eigenvalue weighted by molar-refractivity contribution is -0.121. The van der Waals surface area contributed by atoms with E-state index in [1.54, 1.807) is 28.6 Å². The highest BCUT2D eigenvalue weighted by Crippen LogP contribution is 2.21. The highest BCUT2D eigenvalue weighted by molar-refractivity contribution is 7.13. The molecule has 0 spiro atoms. The number of nitrogens with zero attached hydrogens (tertiary/aromatic N) is 2. The number of carbonyl (C=O) groups is 2. The monoisotopic (exact) mass is 376 g/mol. The summed E-state index contributed by atoms with van der Waals surface area (Å²) < 4.78 is 13.0. The van der Waals surface area contributed by atoms with Crippen LogP contribution in [0.5, 0.6) is 0 Å². The minimum Gasteiger partial charge on any atom is -0.331 e. The van der Waals surface area contributed by atoms with E-state index in [0.717, 1.165) is 18.4 Å². The molecule has 1 aromatic carbocycles. The predicted octanol–water partition coefficient (Wildman–Crippen LogP) is 3.40. The molecule has 8 heteroatoms. The molecule has 3 amide bonds. The Morgan fingerprint density at radius 1 is 1.35 bits per heavy atom. The maximum absolute atomic E-state index is 13.0. The highest BCUT2D eigenvalue weighted by Gasteiger charge is 2.29. The summed E-state index contributed by atoms with van der Waals surface area (Å²) >= 11 is 1.37. The SMILES string of the molecule is C[C@H](NC(=O)N1CCC[C@@H](C(=O)Nc2nccs2)C1)c1ccc(F)cc1. The van der Waals surface area contributed by atoms with E-state index >= 15 is 0 Å². The van der Waals surface area contributed by atoms with E-state index < -0.39 is 0 Å². The third-order valence-corrected chi connectivity index (χ3v) is 5.14. The molecule has 6 nitrogen and oxygen atoms in total. The lowest BCUT2D eigenvalue weighted by Gasteiger charge is -2.32. The van der Waals surface area contributed by atoms with Crippen molar-refractivity contribution in [2.24, 2.45) is 5.92 Å². The molecule has 1 fully saturated rings. The lowest BCUT2D eigenvalue weighted by atomic mass is 9.97. The zero-order valence-electron chi connectivity index (χ0n) is 14.4. The van der Waals surface area contributed by atoms with Crippen molar-refractivity contribution in [1.29, 1.82) is 0 Å². The zero-order chi connectivity index (χ0) is 18.5. The molecule has 1 aliphatic rings. The van der Waals surface area contributed by atoms with E-state index in [2.05, 4.69) is 15.6 Å². The third-order valence-electron chi connectivity index (χ3n) is 4.45. The van der Waals surface area contributed by atoms with Gasteiger partial charge >= 0.3 is 6.03 Å². The number of likely N-dealkylation sites (tertiary alicyclic amines) is 1. The number of nitrogens with one attached hydrogen (secondary N) is 2. The van der Waals surface area contributed by atoms with Gasteiger partial charge in [0.2, 0.25) is 5.91 Å². The number of aromatic nitrogens is 1. The fourth-order valence-electron chi connectivity index (χ4n) is 2.98. The maximum atomic E-state index is 13.0. The molecule has 26 heavy (non-hydrogen) atoms. The first-order chi connectivity index (χ1) is 12.5. The number of halogens is 1. The molecular formula is C18H21FN4O2S. The van der Waals surface area contributed by atoms with Crippen LogP contribution >= 0.6 is 11.3 Å². The second-order valence-electron chi connectivity index (χ2n) is 6.33. The van der Waals surface area contributed by atoms with Crippen LogP contribution in [0.3, 0.4) is 0 Å². The molecule has 1 saturated heterocycles. The number of benzene rings is 1. The molecule has 2 atom stereocenters. The molecule has 1 aliphatic heterocycles. The van der Waals surface area contributed by atoms with Gasteiger partial charge in [-0.15, -0.1) is 11.3 Å². The minimum atomic E-state index is -0.308. The number of hydrogen-bond donors (Lipinski definition) is 2. The van der Waals surface area contributed by atoms with Crippen LogP contribution in [-0.2, 0) is 4.79 Å². The topological polar surface area (TPSA) is 74.3 Å². The summed E-state index contributed by atoms with van der Waals surface area (Å²) in [6.07, 6.45) is 3.15. The van der Waals surface area contributed by atoms with Gasteiger partial charge in [-0.3, -0.25) is 4.79 Å². The Labute approximate surface area is 155 Å². The molecule has 1 aromatic heterocycles. The van der Waals surface area contributed by atoms with Crippen LogP contribution in [0, 0.1) is 11.7 Å². The Hall–Kier alpha value is -2.48. The van der Waals surface area contributed by atoms with Crippen molar-refractivity contribution in [3.8, 4) is 0 Å². The number of urea groups is 1. The van der Waals surface area contributed by atoms with Crippen molar-refractivity contribution < 1.29 is 14.0 Å². The van der Waals surface area contributed by atoms with E-state index in [-0.39, 0.29) is 29.7 Å². The van der Waals surface area contributed by atoms with Crippen LogP contribution in [0.25, 0.3) is 0 Å². The van der Waals surface area contributed by atoms with Crippen LogP contribution in [-0.4, -0.2) is 34.9 Å². The zero-order valence-corrected chi connectivity index (χ0v) is 15.3. The minimum absolute atomic E-state index is 0.107. The van der Waals surface area contributed by atoms with Gasteiger partial charge in [0.1, 0.15) is 5.82 Å². The number of piperidine rings is 1. The average molecular weight is 376 g/mol. The average Bonchev–Trinajstić information content (AvgIpc) is 3.15. The van der Waals surface area contributed by atoms with E-state index in [1.165, 1.54) is 23.5 Å². The van der Waals surface area contributed by atoms with Crippen LogP contribution < -0.4 is 10.6 Å². The second kappa shape index (κ2) is 8.27. The first-order valence-corrected chi connectivity index (χ1v) is 9.42. The van der Waals surface area contributed by atoms with Crippen molar-refractivity contribution >= 4 is 28.4 Å². The predicted molar refractivity (Wildman–Crippen MR) is 98.4 cm³/mol. The summed E-state index contributed by atoms with van der Waals surface area (Å²) in [5, 5.41) is 8.08. The molecule has 0 bridgehead atoms. The molecule has 0 unspecified atom stereocenters. The van der Waals surface area contributed by atoms with Gasteiger partial charge in [-0.25, -0.2) is 14.2 Å². The molecular weight excluding hydrogens is 355 g/mol. The van der Waals surface area contributed by atoms with Crippen molar-refractivity contribution in [1.82, 2.24) is 15.2 Å². The van der Waals surface area contributed by atoms with Crippen molar-refractivity contribution in [3.63, 3.8) is 0 Å². The van der Waals surface area contributed by atoms with Gasteiger partial charge in [0.15, 0.2) is 5.13 Å². The largest absolute Gasteiger partial charge is 0.331 e. The van der Waals surface area contributed by atoms with Crippen LogP contribution in [0.15, 0.2) is 35.8 Å². The smallest absolute Gasteiger partial charge is 0.317 e. The summed E-state index contributed by atoms with van der Waals surface area (Å²) in [5.41, 5.74) is 0.829. The van der Waals surface area contributed by atoms with Crippen LogP contribution in [0.2, 0.25) is 0 Å². The number of anilines is 1. The summed E-state index contributed by atoms with van der Waals surface area (Å²) in [5.74, 6) is -0.666. The molecule has 3 rings (SSSR count). The van der Waals surface area contributed by atoms with Crippen molar-refractivity contribution in [3.05, 3.63) is 47.2 Å². The molecule has 0 aliphatic carbocycles. The fraction of sp³-hybridized carbons (Fsp3) is 0.389. The van der Waals surface area contributed by atoms with Gasteiger partial charge < -0.3 is 15.5 Å². The quantitative estimate of drug-likeness (QED) is 0.859. The maximum Gasteiger partial charge on any atom is 0.317 e. The molecule has 0 radical (unpaired) electrons. The first-order valence-electron chi connectivity index (χ1n) is 8.54. The van der Waals surface area contributed by atoms with Gasteiger partial charge in [0, 0.05) is 24.7 Å². The van der Waals surface area contributed by atoms with Crippen LogP contribution in [0.4, 0.5) is 14.3 Å². The second-order valence-corrected chi connectivity index (χ2v) is 7.23. The molecule has 138 valence electrons. The Balaban J connectivity index is 1.55. The number of thiazole rings is 1. The number of carbonyl (C=O) groups excluding carboxylic acids is 2. The Kier molecular flexibility index (Phi) is 5.82. The van der Waals surface area contributed by atoms with Crippen molar-refractivity contribution in [2.75, 3.05) is 18.4 Å². The molecule has 2 aromatic rings. The number of amides is 3. The number of hydrogen-bond acceptors (Lipinski definition) is 4. The summed E-state index contributed by atoms with van der Waals surface area (Å²) in [4.78, 5) is 30.6. The Morgan fingerprint density at radius 3 is 2.81 bits per heavy atom. The standard InChI is InChI=1S/C18H21FN4O2S/c1-12(13-4-6-15(19)7-5-13)21-18(25)23-9-2-3-14(11-23)16(24)22-17-20-8-10-26-17/h4-8,10,12,14H,2-3,9,11H2,1H3,(H,21,25)(H,20,22,24)/t12-,14+/m0/s1. The van der Waals surface area contributed by atoms with Gasteiger partial charge in [-0.2, -0.15) is 0 Å². The molecule has 2 N–H and O–H groups in total. The molecule has 0 saturated carbocycles. The van der Waals surface area contributed by atoms with Gasteiger partial charge in [0.05, 0.1) is 12.0 Å². The lowest BCUT2D eigenvalue weighted by Crippen LogP contribution is -2.48. The van der Waals surface area contributed by atoms with E-state index in [4.69, 9.17) is 0 Å². The Bertz CT molecular complexity index is 751. The van der Waals surface area contributed by atoms with Gasteiger partial charge in [-0.1, -0.05) is 12.1 Å². The van der Waals surface area contributed by atoms with E-state index in [1.807, 2.05) is 6.92 Å². The normalized spacial score (nSPS) is 18.2. The fourth-order valence-corrected chi connectivity index (χ4v) is 3.51. The van der Waals surface area contributed by atoms with Gasteiger partial charge in [-0.05, 0) is 37.5 Å². The summed E-state index contributed by atoms with van der Waals surface area (Å²) in [6, 6.07) is 5.60. The van der Waals surface area contributed by atoms with E-state index in [0.29, 0.717) is 18.2 Å². The number of rotatable bonds is 4. The highest BCUT2D eigenvalue weighted by atomic mass is 32.1.